The zero-order valence-electron chi connectivity index (χ0n) is 12.8. The minimum Gasteiger partial charge on any atom is -0.450 e. The Hall–Kier alpha value is -2.26. The third kappa shape index (κ3) is 4.36. The van der Waals surface area contributed by atoms with Gasteiger partial charge in [-0.25, -0.2) is 4.79 Å². The zero-order chi connectivity index (χ0) is 16.8. The lowest BCUT2D eigenvalue weighted by molar-refractivity contribution is -0.121. The Balaban J connectivity index is 1.99. The molecular formula is C16H18ClN3O3. The van der Waals surface area contributed by atoms with Gasteiger partial charge in [0.15, 0.2) is 0 Å². The standard InChI is InChI=1S/C16H18ClN3O3/c1-2-23-16(22)20-7-3-4-12(10-20)15(21)19-13-6-5-11(9-18)14(17)8-13/h5-6,8,12H,2-4,7,10H2,1H3,(H,19,21). The van der Waals surface area contributed by atoms with Gasteiger partial charge in [0.05, 0.1) is 23.1 Å². The van der Waals surface area contributed by atoms with Gasteiger partial charge in [-0.1, -0.05) is 11.6 Å². The van der Waals surface area contributed by atoms with E-state index in [1.807, 2.05) is 6.07 Å². The van der Waals surface area contributed by atoms with Gasteiger partial charge in [0.1, 0.15) is 6.07 Å². The van der Waals surface area contributed by atoms with Crippen LogP contribution < -0.4 is 5.32 Å². The van der Waals surface area contributed by atoms with Crippen molar-refractivity contribution in [1.82, 2.24) is 4.90 Å². The predicted octanol–water partition coefficient (Wildman–Crippen LogP) is 3.02. The van der Waals surface area contributed by atoms with Crippen LogP contribution in [-0.4, -0.2) is 36.6 Å². The van der Waals surface area contributed by atoms with E-state index in [1.54, 1.807) is 30.0 Å². The first-order valence-corrected chi connectivity index (χ1v) is 7.85. The third-order valence-corrected chi connectivity index (χ3v) is 3.99. The van der Waals surface area contributed by atoms with E-state index in [0.29, 0.717) is 42.4 Å². The van der Waals surface area contributed by atoms with Gasteiger partial charge in [0.2, 0.25) is 5.91 Å². The second-order valence-electron chi connectivity index (χ2n) is 5.28. The SMILES string of the molecule is CCOC(=O)N1CCCC(C(=O)Nc2ccc(C#N)c(Cl)c2)C1. The lowest BCUT2D eigenvalue weighted by atomic mass is 9.97. The molecule has 2 rings (SSSR count). The number of anilines is 1. The minimum atomic E-state index is -0.383. The van der Waals surface area contributed by atoms with Crippen molar-refractivity contribution in [2.24, 2.45) is 5.92 Å². The Morgan fingerprint density at radius 3 is 2.96 bits per heavy atom. The van der Waals surface area contributed by atoms with Crippen LogP contribution in [0, 0.1) is 17.2 Å². The number of benzene rings is 1. The summed E-state index contributed by atoms with van der Waals surface area (Å²) in [7, 11) is 0. The number of hydrogen-bond acceptors (Lipinski definition) is 4. The number of nitriles is 1. The largest absolute Gasteiger partial charge is 0.450 e. The Morgan fingerprint density at radius 1 is 1.52 bits per heavy atom. The molecule has 1 atom stereocenters. The van der Waals surface area contributed by atoms with Crippen LogP contribution in [0.3, 0.4) is 0 Å². The fourth-order valence-corrected chi connectivity index (χ4v) is 2.72. The van der Waals surface area contributed by atoms with Gasteiger partial charge < -0.3 is 15.0 Å². The van der Waals surface area contributed by atoms with Gasteiger partial charge in [-0.15, -0.1) is 0 Å². The number of hydrogen-bond donors (Lipinski definition) is 1. The molecule has 1 heterocycles. The van der Waals surface area contributed by atoms with Crippen molar-refractivity contribution >= 4 is 29.3 Å². The van der Waals surface area contributed by atoms with Crippen LogP contribution in [0.1, 0.15) is 25.3 Å². The molecule has 1 unspecified atom stereocenters. The van der Waals surface area contributed by atoms with E-state index in [-0.39, 0.29) is 17.9 Å². The lowest BCUT2D eigenvalue weighted by Gasteiger charge is -2.31. The van der Waals surface area contributed by atoms with Crippen molar-refractivity contribution in [3.63, 3.8) is 0 Å². The number of rotatable bonds is 3. The van der Waals surface area contributed by atoms with Gasteiger partial charge >= 0.3 is 6.09 Å². The first-order chi connectivity index (χ1) is 11.0. The molecule has 1 aromatic rings. The molecule has 0 aliphatic carbocycles. The van der Waals surface area contributed by atoms with Gasteiger partial charge in [-0.2, -0.15) is 5.26 Å². The summed E-state index contributed by atoms with van der Waals surface area (Å²) >= 11 is 5.96. The van der Waals surface area contributed by atoms with Gasteiger partial charge in [-0.05, 0) is 38.0 Å². The fraction of sp³-hybridized carbons (Fsp3) is 0.438. The number of piperidine rings is 1. The van der Waals surface area contributed by atoms with Crippen molar-refractivity contribution < 1.29 is 14.3 Å². The lowest BCUT2D eigenvalue weighted by Crippen LogP contribution is -2.44. The highest BCUT2D eigenvalue weighted by Gasteiger charge is 2.29. The molecule has 7 heteroatoms. The second-order valence-corrected chi connectivity index (χ2v) is 5.69. The van der Waals surface area contributed by atoms with Crippen molar-refractivity contribution in [3.8, 4) is 6.07 Å². The summed E-state index contributed by atoms with van der Waals surface area (Å²) in [5, 5.41) is 11.9. The number of nitrogens with one attached hydrogen (secondary N) is 1. The maximum Gasteiger partial charge on any atom is 0.409 e. The second kappa shape index (κ2) is 7.84. The average Bonchev–Trinajstić information content (AvgIpc) is 2.55. The molecule has 0 bridgehead atoms. The summed E-state index contributed by atoms with van der Waals surface area (Å²) in [4.78, 5) is 25.7. The topological polar surface area (TPSA) is 82.4 Å². The molecule has 122 valence electrons. The number of amides is 2. The van der Waals surface area contributed by atoms with Crippen LogP contribution in [0.4, 0.5) is 10.5 Å². The number of nitrogens with zero attached hydrogens (tertiary/aromatic N) is 2. The highest BCUT2D eigenvalue weighted by Crippen LogP contribution is 2.23. The summed E-state index contributed by atoms with van der Waals surface area (Å²) in [6.07, 6.45) is 1.09. The summed E-state index contributed by atoms with van der Waals surface area (Å²) < 4.78 is 4.98. The molecule has 1 saturated heterocycles. The summed E-state index contributed by atoms with van der Waals surface area (Å²) in [5.41, 5.74) is 0.892. The van der Waals surface area contributed by atoms with E-state index in [1.165, 1.54) is 0 Å². The molecule has 1 N–H and O–H groups in total. The Kier molecular flexibility index (Phi) is 5.83. The van der Waals surface area contributed by atoms with Crippen LogP contribution in [0.2, 0.25) is 5.02 Å². The molecule has 0 aromatic heterocycles. The maximum atomic E-state index is 12.4. The van der Waals surface area contributed by atoms with E-state index in [9.17, 15) is 9.59 Å². The predicted molar refractivity (Wildman–Crippen MR) is 86.1 cm³/mol. The van der Waals surface area contributed by atoms with E-state index in [2.05, 4.69) is 5.32 Å². The molecule has 0 saturated carbocycles. The van der Waals surface area contributed by atoms with E-state index < -0.39 is 0 Å². The average molecular weight is 336 g/mol. The molecule has 0 spiro atoms. The Bertz CT molecular complexity index is 642. The van der Waals surface area contributed by atoms with Gasteiger partial charge in [0.25, 0.3) is 0 Å². The number of likely N-dealkylation sites (tertiary alicyclic amines) is 1. The van der Waals surface area contributed by atoms with Crippen molar-refractivity contribution in [2.75, 3.05) is 25.0 Å². The van der Waals surface area contributed by atoms with Gasteiger partial charge in [-0.3, -0.25) is 4.79 Å². The summed E-state index contributed by atoms with van der Waals surface area (Å²) in [6, 6.07) is 6.70. The van der Waals surface area contributed by atoms with Crippen LogP contribution in [0.5, 0.6) is 0 Å². The summed E-state index contributed by atoms with van der Waals surface area (Å²) in [5.74, 6) is -0.456. The van der Waals surface area contributed by atoms with Crippen LogP contribution in [0.15, 0.2) is 18.2 Å². The minimum absolute atomic E-state index is 0.167. The van der Waals surface area contributed by atoms with E-state index in [0.717, 1.165) is 6.42 Å². The highest BCUT2D eigenvalue weighted by molar-refractivity contribution is 6.32. The third-order valence-electron chi connectivity index (χ3n) is 3.68. The molecular weight excluding hydrogens is 318 g/mol. The Morgan fingerprint density at radius 2 is 2.30 bits per heavy atom. The van der Waals surface area contributed by atoms with Crippen molar-refractivity contribution in [2.45, 2.75) is 19.8 Å². The van der Waals surface area contributed by atoms with Crippen molar-refractivity contribution in [1.29, 1.82) is 5.26 Å². The molecule has 1 fully saturated rings. The maximum absolute atomic E-state index is 12.4. The number of ether oxygens (including phenoxy) is 1. The van der Waals surface area contributed by atoms with E-state index in [4.69, 9.17) is 21.6 Å². The normalized spacial score (nSPS) is 17.3. The van der Waals surface area contributed by atoms with Gasteiger partial charge in [0, 0.05) is 18.8 Å². The fourth-order valence-electron chi connectivity index (χ4n) is 2.50. The molecule has 1 aliphatic heterocycles. The quantitative estimate of drug-likeness (QED) is 0.920. The van der Waals surface area contributed by atoms with Crippen molar-refractivity contribution in [3.05, 3.63) is 28.8 Å². The molecule has 1 aromatic carbocycles. The van der Waals surface area contributed by atoms with Crippen LogP contribution in [-0.2, 0) is 9.53 Å². The van der Waals surface area contributed by atoms with E-state index >= 15 is 0 Å². The highest BCUT2D eigenvalue weighted by atomic mass is 35.5. The number of halogens is 1. The smallest absolute Gasteiger partial charge is 0.409 e. The van der Waals surface area contributed by atoms with Crippen LogP contribution in [0.25, 0.3) is 0 Å². The number of carbonyl (C=O) groups excluding carboxylic acids is 2. The molecule has 23 heavy (non-hydrogen) atoms. The summed E-state index contributed by atoms with van der Waals surface area (Å²) in [6.45, 7) is 3.01. The first kappa shape index (κ1) is 17.1. The Labute approximate surface area is 140 Å². The molecule has 0 radical (unpaired) electrons. The van der Waals surface area contributed by atoms with Crippen LogP contribution >= 0.6 is 11.6 Å². The number of carbonyl (C=O) groups is 2. The molecule has 1 aliphatic rings. The monoisotopic (exact) mass is 335 g/mol. The molecule has 6 nitrogen and oxygen atoms in total. The first-order valence-electron chi connectivity index (χ1n) is 7.47. The zero-order valence-corrected chi connectivity index (χ0v) is 13.6. The molecule has 2 amide bonds.